The number of amides is 1. The largest absolute Gasteiger partial charge is 0.481 e. The Hall–Kier alpha value is -1.15. The van der Waals surface area contributed by atoms with Crippen LogP contribution in [0.5, 0.6) is 0 Å². The first kappa shape index (κ1) is 15.2. The van der Waals surface area contributed by atoms with Crippen molar-refractivity contribution in [2.75, 3.05) is 31.9 Å². The van der Waals surface area contributed by atoms with Crippen LogP contribution < -0.4 is 0 Å². The van der Waals surface area contributed by atoms with Crippen molar-refractivity contribution in [1.82, 2.24) is 9.21 Å². The third-order valence-electron chi connectivity index (χ3n) is 4.12. The van der Waals surface area contributed by atoms with Crippen LogP contribution in [-0.4, -0.2) is 66.5 Å². The predicted octanol–water partition coefficient (Wildman–Crippen LogP) is -0.265. The van der Waals surface area contributed by atoms with Gasteiger partial charge in [-0.1, -0.05) is 0 Å². The molecular weight excluding hydrogens is 284 g/mol. The quantitative estimate of drug-likeness (QED) is 0.772. The molecule has 2 heterocycles. The Bertz CT molecular complexity index is 518. The summed E-state index contributed by atoms with van der Waals surface area (Å²) >= 11 is 0. The third-order valence-corrected chi connectivity index (χ3v) is 6.08. The highest BCUT2D eigenvalue weighted by atomic mass is 32.2. The van der Waals surface area contributed by atoms with Gasteiger partial charge in [-0.15, -0.1) is 0 Å². The molecule has 0 aromatic rings. The van der Waals surface area contributed by atoms with Crippen LogP contribution >= 0.6 is 0 Å². The lowest BCUT2D eigenvalue weighted by atomic mass is 9.90. The first-order valence-electron chi connectivity index (χ1n) is 6.74. The van der Waals surface area contributed by atoms with Crippen molar-refractivity contribution in [3.63, 3.8) is 0 Å². The molecule has 0 spiro atoms. The molecule has 0 aromatic heterocycles. The van der Waals surface area contributed by atoms with Gasteiger partial charge in [0.1, 0.15) is 0 Å². The number of sulfonamides is 1. The van der Waals surface area contributed by atoms with Gasteiger partial charge >= 0.3 is 5.97 Å². The van der Waals surface area contributed by atoms with Crippen LogP contribution in [0.3, 0.4) is 0 Å². The van der Waals surface area contributed by atoms with Gasteiger partial charge in [0, 0.05) is 32.6 Å². The molecule has 2 aliphatic heterocycles. The Morgan fingerprint density at radius 2 is 2.00 bits per heavy atom. The molecular formula is C12H20N2O5S. The van der Waals surface area contributed by atoms with E-state index in [1.807, 2.05) is 0 Å². The fraction of sp³-hybridized carbons (Fsp3) is 0.833. The summed E-state index contributed by atoms with van der Waals surface area (Å²) in [5.74, 6) is -0.908. The molecule has 0 aromatic carbocycles. The molecule has 2 saturated heterocycles. The van der Waals surface area contributed by atoms with Crippen LogP contribution in [0.4, 0.5) is 0 Å². The van der Waals surface area contributed by atoms with E-state index in [4.69, 9.17) is 5.11 Å². The SMILES string of the molecule is C[C@]1(C(=O)O)CCN(C(=O)CCN2CCCS2(=O)=O)C1. The number of carboxylic acid groups (broad SMARTS) is 1. The van der Waals surface area contributed by atoms with Gasteiger partial charge in [-0.05, 0) is 19.8 Å². The van der Waals surface area contributed by atoms with Crippen LogP contribution in [0.2, 0.25) is 0 Å². The molecule has 0 unspecified atom stereocenters. The summed E-state index contributed by atoms with van der Waals surface area (Å²) < 4.78 is 24.6. The topological polar surface area (TPSA) is 95.0 Å². The minimum absolute atomic E-state index is 0.120. The molecule has 7 nitrogen and oxygen atoms in total. The van der Waals surface area contributed by atoms with Crippen LogP contribution in [-0.2, 0) is 19.6 Å². The molecule has 0 saturated carbocycles. The molecule has 2 fully saturated rings. The van der Waals surface area contributed by atoms with Crippen molar-refractivity contribution >= 4 is 21.9 Å². The van der Waals surface area contributed by atoms with E-state index in [1.165, 1.54) is 9.21 Å². The molecule has 1 N–H and O–H groups in total. The maximum atomic E-state index is 12.0. The highest BCUT2D eigenvalue weighted by Gasteiger charge is 2.42. The number of carbonyl (C=O) groups excluding carboxylic acids is 1. The second-order valence-electron chi connectivity index (χ2n) is 5.75. The molecule has 0 aliphatic carbocycles. The lowest BCUT2D eigenvalue weighted by Crippen LogP contribution is -2.37. The number of carbonyl (C=O) groups is 2. The van der Waals surface area contributed by atoms with E-state index in [0.717, 1.165) is 0 Å². The van der Waals surface area contributed by atoms with E-state index in [1.54, 1.807) is 6.92 Å². The van der Waals surface area contributed by atoms with Crippen molar-refractivity contribution < 1.29 is 23.1 Å². The lowest BCUT2D eigenvalue weighted by Gasteiger charge is -2.21. The second kappa shape index (κ2) is 5.33. The van der Waals surface area contributed by atoms with Crippen LogP contribution in [0.1, 0.15) is 26.2 Å². The van der Waals surface area contributed by atoms with Crippen LogP contribution in [0, 0.1) is 5.41 Å². The number of hydrogen-bond acceptors (Lipinski definition) is 4. The maximum Gasteiger partial charge on any atom is 0.311 e. The van der Waals surface area contributed by atoms with Gasteiger partial charge in [-0.2, -0.15) is 0 Å². The number of hydrogen-bond donors (Lipinski definition) is 1. The summed E-state index contributed by atoms with van der Waals surface area (Å²) in [5.41, 5.74) is -0.880. The summed E-state index contributed by atoms with van der Waals surface area (Å²) in [7, 11) is -3.17. The maximum absolute atomic E-state index is 12.0. The molecule has 2 aliphatic rings. The van der Waals surface area contributed by atoms with Crippen LogP contribution in [0.15, 0.2) is 0 Å². The van der Waals surface area contributed by atoms with E-state index in [-0.39, 0.29) is 31.2 Å². The highest BCUT2D eigenvalue weighted by Crippen LogP contribution is 2.30. The standard InChI is InChI=1S/C12H20N2O5S/c1-12(11(16)17)4-7-13(9-12)10(15)3-6-14-5-2-8-20(14,18)19/h2-9H2,1H3,(H,16,17)/t12-/m0/s1. The second-order valence-corrected chi connectivity index (χ2v) is 7.84. The molecule has 1 amide bonds. The zero-order valence-corrected chi connectivity index (χ0v) is 12.4. The minimum atomic E-state index is -3.17. The Labute approximate surface area is 118 Å². The lowest BCUT2D eigenvalue weighted by molar-refractivity contribution is -0.147. The highest BCUT2D eigenvalue weighted by molar-refractivity contribution is 7.89. The number of carboxylic acids is 1. The summed E-state index contributed by atoms with van der Waals surface area (Å²) in [6.07, 6.45) is 1.17. The summed E-state index contributed by atoms with van der Waals surface area (Å²) in [4.78, 5) is 24.7. The van der Waals surface area contributed by atoms with Crippen molar-refractivity contribution in [1.29, 1.82) is 0 Å². The van der Waals surface area contributed by atoms with Gasteiger partial charge < -0.3 is 10.0 Å². The van der Waals surface area contributed by atoms with E-state index < -0.39 is 21.4 Å². The fourth-order valence-electron chi connectivity index (χ4n) is 2.67. The Morgan fingerprint density at radius 3 is 2.50 bits per heavy atom. The zero-order valence-electron chi connectivity index (χ0n) is 11.5. The number of aliphatic carboxylic acids is 1. The number of likely N-dealkylation sites (tertiary alicyclic amines) is 1. The average Bonchev–Trinajstić information content (AvgIpc) is 2.91. The predicted molar refractivity (Wildman–Crippen MR) is 71.5 cm³/mol. The first-order chi connectivity index (χ1) is 9.24. The van der Waals surface area contributed by atoms with E-state index in [2.05, 4.69) is 0 Å². The van der Waals surface area contributed by atoms with Gasteiger partial charge in [0.05, 0.1) is 11.2 Å². The third kappa shape index (κ3) is 2.95. The van der Waals surface area contributed by atoms with Gasteiger partial charge in [0.25, 0.3) is 0 Å². The molecule has 20 heavy (non-hydrogen) atoms. The van der Waals surface area contributed by atoms with Crippen molar-refractivity contribution in [2.24, 2.45) is 5.41 Å². The molecule has 114 valence electrons. The summed E-state index contributed by atoms with van der Waals surface area (Å²) in [5, 5.41) is 9.12. The summed E-state index contributed by atoms with van der Waals surface area (Å²) in [6, 6.07) is 0. The van der Waals surface area contributed by atoms with Gasteiger partial charge in [0.2, 0.25) is 15.9 Å². The number of rotatable bonds is 4. The van der Waals surface area contributed by atoms with Crippen molar-refractivity contribution in [2.45, 2.75) is 26.2 Å². The Morgan fingerprint density at radius 1 is 1.30 bits per heavy atom. The van der Waals surface area contributed by atoms with Crippen molar-refractivity contribution in [3.8, 4) is 0 Å². The molecule has 1 atom stereocenters. The van der Waals surface area contributed by atoms with Gasteiger partial charge in [-0.25, -0.2) is 12.7 Å². The molecule has 8 heteroatoms. The molecule has 0 radical (unpaired) electrons. The average molecular weight is 304 g/mol. The van der Waals surface area contributed by atoms with E-state index in [9.17, 15) is 18.0 Å². The fourth-order valence-corrected chi connectivity index (χ4v) is 4.20. The Kier molecular flexibility index (Phi) is 4.06. The number of nitrogens with zero attached hydrogens (tertiary/aromatic N) is 2. The van der Waals surface area contributed by atoms with Crippen molar-refractivity contribution in [3.05, 3.63) is 0 Å². The van der Waals surface area contributed by atoms with E-state index in [0.29, 0.717) is 25.9 Å². The normalized spacial score (nSPS) is 29.8. The first-order valence-corrected chi connectivity index (χ1v) is 8.34. The zero-order chi connectivity index (χ0) is 15.0. The molecule has 0 bridgehead atoms. The molecule has 2 rings (SSSR count). The summed E-state index contributed by atoms with van der Waals surface area (Å²) in [6.45, 7) is 2.93. The minimum Gasteiger partial charge on any atom is -0.481 e. The van der Waals surface area contributed by atoms with Crippen LogP contribution in [0.25, 0.3) is 0 Å². The van der Waals surface area contributed by atoms with Gasteiger partial charge in [0.15, 0.2) is 0 Å². The monoisotopic (exact) mass is 304 g/mol. The smallest absolute Gasteiger partial charge is 0.311 e. The Balaban J connectivity index is 1.86. The van der Waals surface area contributed by atoms with Gasteiger partial charge in [-0.3, -0.25) is 9.59 Å². The van der Waals surface area contributed by atoms with E-state index >= 15 is 0 Å².